The van der Waals surface area contributed by atoms with Crippen molar-refractivity contribution in [3.8, 4) is 0 Å². The maximum Gasteiger partial charge on any atom is 0.413 e. The summed E-state index contributed by atoms with van der Waals surface area (Å²) in [6, 6.07) is 27.0. The molecule has 4 aromatic rings. The predicted octanol–water partition coefficient (Wildman–Crippen LogP) is 5.14. The molecular weight excluding hydrogens is 390 g/mol. The molecule has 1 N–H and O–H groups in total. The standard InChI is InChI=1S/C25H23N3O3/c1-27(25(30)31-2)21-14-12-20(13-15-21)26-24(29)23-16-19-10-6-7-11-22(19)28(23)17-18-8-4-3-5-9-18/h3-16H,17H2,1-2H3,(H,26,29). The van der Waals surface area contributed by atoms with E-state index in [4.69, 9.17) is 4.74 Å². The molecule has 31 heavy (non-hydrogen) atoms. The number of fused-ring (bicyclic) bond motifs is 1. The summed E-state index contributed by atoms with van der Waals surface area (Å²) in [5.74, 6) is -0.193. The zero-order valence-corrected chi connectivity index (χ0v) is 17.4. The molecular formula is C25H23N3O3. The smallest absolute Gasteiger partial charge is 0.413 e. The number of aromatic nitrogens is 1. The van der Waals surface area contributed by atoms with E-state index >= 15 is 0 Å². The van der Waals surface area contributed by atoms with E-state index in [2.05, 4.69) is 5.32 Å². The van der Waals surface area contributed by atoms with E-state index in [0.717, 1.165) is 16.5 Å². The van der Waals surface area contributed by atoms with E-state index in [0.29, 0.717) is 23.6 Å². The fourth-order valence-electron chi connectivity index (χ4n) is 3.54. The van der Waals surface area contributed by atoms with Crippen molar-refractivity contribution in [3.63, 3.8) is 0 Å². The molecule has 1 heterocycles. The summed E-state index contributed by atoms with van der Waals surface area (Å²) in [7, 11) is 2.96. The number of carbonyl (C=O) groups is 2. The summed E-state index contributed by atoms with van der Waals surface area (Å²) in [5, 5.41) is 3.97. The Morgan fingerprint density at radius 1 is 0.935 bits per heavy atom. The van der Waals surface area contributed by atoms with Crippen molar-refractivity contribution in [1.82, 2.24) is 4.57 Å². The molecule has 2 amide bonds. The second-order valence-corrected chi connectivity index (χ2v) is 7.19. The lowest BCUT2D eigenvalue weighted by Crippen LogP contribution is -2.25. The van der Waals surface area contributed by atoms with Crippen LogP contribution < -0.4 is 10.2 Å². The van der Waals surface area contributed by atoms with E-state index in [1.165, 1.54) is 12.0 Å². The lowest BCUT2D eigenvalue weighted by molar-refractivity contribution is 0.101. The Morgan fingerprint density at radius 3 is 2.32 bits per heavy atom. The van der Waals surface area contributed by atoms with E-state index in [-0.39, 0.29) is 5.91 Å². The highest BCUT2D eigenvalue weighted by Crippen LogP contribution is 2.23. The summed E-state index contributed by atoms with van der Waals surface area (Å²) in [6.45, 7) is 0.597. The van der Waals surface area contributed by atoms with Gasteiger partial charge in [0.25, 0.3) is 5.91 Å². The topological polar surface area (TPSA) is 63.6 Å². The molecule has 0 saturated carbocycles. The predicted molar refractivity (Wildman–Crippen MR) is 123 cm³/mol. The molecule has 6 heteroatoms. The molecule has 0 saturated heterocycles. The van der Waals surface area contributed by atoms with Crippen molar-refractivity contribution < 1.29 is 14.3 Å². The number of para-hydroxylation sites is 1. The van der Waals surface area contributed by atoms with Crippen LogP contribution in [0.3, 0.4) is 0 Å². The Morgan fingerprint density at radius 2 is 1.61 bits per heavy atom. The first-order valence-electron chi connectivity index (χ1n) is 9.92. The first-order valence-corrected chi connectivity index (χ1v) is 9.92. The van der Waals surface area contributed by atoms with Gasteiger partial charge in [-0.1, -0.05) is 48.5 Å². The van der Waals surface area contributed by atoms with Gasteiger partial charge in [-0.2, -0.15) is 0 Å². The maximum absolute atomic E-state index is 13.2. The Bertz CT molecular complexity index is 1210. The van der Waals surface area contributed by atoms with Crippen LogP contribution in [0.15, 0.2) is 84.9 Å². The van der Waals surface area contributed by atoms with E-state index < -0.39 is 6.09 Å². The number of ether oxygens (including phenoxy) is 1. The summed E-state index contributed by atoms with van der Waals surface area (Å²) in [5.41, 5.74) is 4.02. The molecule has 0 spiro atoms. The minimum absolute atomic E-state index is 0.193. The maximum atomic E-state index is 13.2. The number of carbonyl (C=O) groups excluding carboxylic acids is 2. The van der Waals surface area contributed by atoms with E-state index in [1.54, 1.807) is 31.3 Å². The van der Waals surface area contributed by atoms with E-state index in [1.807, 2.05) is 65.2 Å². The zero-order valence-electron chi connectivity index (χ0n) is 17.4. The van der Waals surface area contributed by atoms with Crippen molar-refractivity contribution >= 4 is 34.3 Å². The van der Waals surface area contributed by atoms with Gasteiger partial charge in [0.2, 0.25) is 0 Å². The fraction of sp³-hybridized carbons (Fsp3) is 0.120. The SMILES string of the molecule is COC(=O)N(C)c1ccc(NC(=O)c2cc3ccccc3n2Cc2ccccc2)cc1. The summed E-state index contributed by atoms with van der Waals surface area (Å²) < 4.78 is 6.75. The van der Waals surface area contributed by atoms with Crippen LogP contribution >= 0.6 is 0 Å². The molecule has 0 unspecified atom stereocenters. The highest BCUT2D eigenvalue weighted by molar-refractivity contribution is 6.06. The number of hydrogen-bond acceptors (Lipinski definition) is 3. The van der Waals surface area contributed by atoms with Crippen molar-refractivity contribution in [2.24, 2.45) is 0 Å². The Balaban J connectivity index is 1.60. The number of amides is 2. The summed E-state index contributed by atoms with van der Waals surface area (Å²) in [4.78, 5) is 26.2. The van der Waals surface area contributed by atoms with Crippen molar-refractivity contribution in [2.75, 3.05) is 24.4 Å². The summed E-state index contributed by atoms with van der Waals surface area (Å²) in [6.07, 6.45) is -0.456. The van der Waals surface area contributed by atoms with Gasteiger partial charge in [0.1, 0.15) is 5.69 Å². The second kappa shape index (κ2) is 8.75. The second-order valence-electron chi connectivity index (χ2n) is 7.19. The third-order valence-corrected chi connectivity index (χ3v) is 5.19. The summed E-state index contributed by atoms with van der Waals surface area (Å²) >= 11 is 0. The van der Waals surface area contributed by atoms with Crippen LogP contribution in [-0.2, 0) is 11.3 Å². The molecule has 0 fully saturated rings. The van der Waals surface area contributed by atoms with Crippen molar-refractivity contribution in [3.05, 3.63) is 96.2 Å². The Hall–Kier alpha value is -4.06. The van der Waals surface area contributed by atoms with Gasteiger partial charge in [-0.05, 0) is 42.0 Å². The van der Waals surface area contributed by atoms with Crippen LogP contribution in [0.5, 0.6) is 0 Å². The minimum atomic E-state index is -0.456. The first-order chi connectivity index (χ1) is 15.1. The average Bonchev–Trinajstić information content (AvgIpc) is 3.18. The largest absolute Gasteiger partial charge is 0.452 e. The first kappa shape index (κ1) is 20.2. The van der Waals surface area contributed by atoms with Crippen LogP contribution in [0.1, 0.15) is 16.1 Å². The van der Waals surface area contributed by atoms with Crippen LogP contribution in [-0.4, -0.2) is 30.7 Å². The number of nitrogens with one attached hydrogen (secondary N) is 1. The number of nitrogens with zero attached hydrogens (tertiary/aromatic N) is 2. The zero-order chi connectivity index (χ0) is 21.8. The molecule has 6 nitrogen and oxygen atoms in total. The van der Waals surface area contributed by atoms with Gasteiger partial charge >= 0.3 is 6.09 Å². The minimum Gasteiger partial charge on any atom is -0.452 e. The van der Waals surface area contributed by atoms with Gasteiger partial charge in [0.15, 0.2) is 0 Å². The number of benzene rings is 3. The molecule has 4 rings (SSSR count). The monoisotopic (exact) mass is 413 g/mol. The van der Waals surface area contributed by atoms with Gasteiger partial charge in [-0.3, -0.25) is 9.69 Å². The Kier molecular flexibility index (Phi) is 5.71. The molecule has 0 aliphatic heterocycles. The average molecular weight is 413 g/mol. The molecule has 0 atom stereocenters. The normalized spacial score (nSPS) is 10.6. The molecule has 1 aromatic heterocycles. The lowest BCUT2D eigenvalue weighted by Gasteiger charge is -2.16. The van der Waals surface area contributed by atoms with Crippen molar-refractivity contribution in [1.29, 1.82) is 0 Å². The quantitative estimate of drug-likeness (QED) is 0.492. The van der Waals surface area contributed by atoms with Gasteiger partial charge in [-0.15, -0.1) is 0 Å². The molecule has 0 bridgehead atoms. The highest BCUT2D eigenvalue weighted by atomic mass is 16.5. The van der Waals surface area contributed by atoms with Crippen LogP contribution in [0.25, 0.3) is 10.9 Å². The van der Waals surface area contributed by atoms with Crippen LogP contribution in [0.2, 0.25) is 0 Å². The van der Waals surface area contributed by atoms with Crippen molar-refractivity contribution in [2.45, 2.75) is 6.54 Å². The number of methoxy groups -OCH3 is 1. The highest BCUT2D eigenvalue weighted by Gasteiger charge is 2.17. The van der Waals surface area contributed by atoms with Crippen LogP contribution in [0, 0.1) is 0 Å². The number of rotatable bonds is 5. The number of anilines is 2. The van der Waals surface area contributed by atoms with Gasteiger partial charge in [0, 0.05) is 35.9 Å². The molecule has 3 aromatic carbocycles. The van der Waals surface area contributed by atoms with Crippen LogP contribution in [0.4, 0.5) is 16.2 Å². The lowest BCUT2D eigenvalue weighted by atomic mass is 10.2. The molecule has 0 aliphatic rings. The fourth-order valence-corrected chi connectivity index (χ4v) is 3.54. The van der Waals surface area contributed by atoms with E-state index in [9.17, 15) is 9.59 Å². The number of hydrogen-bond donors (Lipinski definition) is 1. The van der Waals surface area contributed by atoms with Gasteiger partial charge in [0.05, 0.1) is 7.11 Å². The Labute approximate surface area is 180 Å². The molecule has 0 radical (unpaired) electrons. The van der Waals surface area contributed by atoms with Gasteiger partial charge < -0.3 is 14.6 Å². The third-order valence-electron chi connectivity index (χ3n) is 5.19. The molecule has 0 aliphatic carbocycles. The molecule has 156 valence electrons. The van der Waals surface area contributed by atoms with Gasteiger partial charge in [-0.25, -0.2) is 4.79 Å². The third kappa shape index (κ3) is 4.28.